The molecule has 2 rings (SSSR count). The quantitative estimate of drug-likeness (QED) is 0.784. The molecule has 0 bridgehead atoms. The highest BCUT2D eigenvalue weighted by atomic mass is 79.9. The molecule has 1 heterocycles. The fraction of sp³-hybridized carbons (Fsp3) is 0. The van der Waals surface area contributed by atoms with Crippen LogP contribution >= 0.6 is 27.3 Å². The van der Waals surface area contributed by atoms with Gasteiger partial charge in [0, 0.05) is 15.5 Å². The number of nitrogen functional groups attached to an aromatic ring is 1. The zero-order valence-electron chi connectivity index (χ0n) is 6.95. The molecule has 0 unspecified atom stereocenters. The average Bonchev–Trinajstić information content (AvgIpc) is 2.57. The van der Waals surface area contributed by atoms with Gasteiger partial charge in [-0.15, -0.1) is 11.3 Å². The van der Waals surface area contributed by atoms with E-state index >= 15 is 0 Å². The first-order valence-corrected chi connectivity index (χ1v) is 5.41. The summed E-state index contributed by atoms with van der Waals surface area (Å²) in [5, 5.41) is 9.62. The van der Waals surface area contributed by atoms with Crippen LogP contribution in [0.4, 0.5) is 5.69 Å². The Morgan fingerprint density at radius 1 is 1.50 bits per heavy atom. The number of thiophene rings is 1. The third-order valence-electron chi connectivity index (χ3n) is 1.88. The highest BCUT2D eigenvalue weighted by molar-refractivity contribution is 9.10. The maximum Gasteiger partial charge on any atom is 0.345 e. The monoisotopic (exact) mass is 271 g/mol. The second-order valence-electron chi connectivity index (χ2n) is 2.80. The van der Waals surface area contributed by atoms with Gasteiger partial charge < -0.3 is 10.8 Å². The molecule has 3 nitrogen and oxygen atoms in total. The molecule has 1 aromatic carbocycles. The third kappa shape index (κ3) is 1.38. The van der Waals surface area contributed by atoms with E-state index in [1.807, 2.05) is 6.07 Å². The molecular weight excluding hydrogens is 266 g/mol. The molecule has 5 heteroatoms. The van der Waals surface area contributed by atoms with Crippen molar-refractivity contribution in [1.82, 2.24) is 0 Å². The molecule has 0 amide bonds. The van der Waals surface area contributed by atoms with Crippen LogP contribution in [-0.4, -0.2) is 11.1 Å². The van der Waals surface area contributed by atoms with Crippen molar-refractivity contribution < 1.29 is 9.90 Å². The van der Waals surface area contributed by atoms with Crippen LogP contribution in [0.2, 0.25) is 0 Å². The first-order chi connectivity index (χ1) is 6.59. The Morgan fingerprint density at radius 2 is 2.21 bits per heavy atom. The molecule has 0 spiro atoms. The smallest absolute Gasteiger partial charge is 0.345 e. The number of rotatable bonds is 1. The van der Waals surface area contributed by atoms with Crippen LogP contribution in [0.1, 0.15) is 9.67 Å². The fourth-order valence-corrected chi connectivity index (χ4v) is 2.74. The molecule has 0 aliphatic rings. The normalized spacial score (nSPS) is 10.6. The highest BCUT2D eigenvalue weighted by Gasteiger charge is 2.11. The molecule has 72 valence electrons. The summed E-state index contributed by atoms with van der Waals surface area (Å²) >= 11 is 4.58. The van der Waals surface area contributed by atoms with E-state index in [1.54, 1.807) is 12.1 Å². The number of hydrogen-bond donors (Lipinski definition) is 2. The summed E-state index contributed by atoms with van der Waals surface area (Å²) in [6, 6.07) is 5.17. The molecule has 3 N–H and O–H groups in total. The van der Waals surface area contributed by atoms with E-state index < -0.39 is 5.97 Å². The van der Waals surface area contributed by atoms with E-state index in [4.69, 9.17) is 10.8 Å². The summed E-state index contributed by atoms with van der Waals surface area (Å²) in [7, 11) is 0. The SMILES string of the molecule is Nc1ccc(Br)c2sc(C(=O)O)cc12. The third-order valence-corrected chi connectivity index (χ3v) is 3.96. The molecular formula is C9H6BrNO2S. The van der Waals surface area contributed by atoms with Crippen molar-refractivity contribution in [2.24, 2.45) is 0 Å². The summed E-state index contributed by atoms with van der Waals surface area (Å²) < 4.78 is 1.75. The lowest BCUT2D eigenvalue weighted by Gasteiger charge is -1.96. The first kappa shape index (κ1) is 9.48. The van der Waals surface area contributed by atoms with Crippen molar-refractivity contribution in [2.75, 3.05) is 5.73 Å². The van der Waals surface area contributed by atoms with Crippen molar-refractivity contribution in [3.05, 3.63) is 27.5 Å². The predicted octanol–water partition coefficient (Wildman–Crippen LogP) is 2.94. The minimum Gasteiger partial charge on any atom is -0.477 e. The lowest BCUT2D eigenvalue weighted by atomic mass is 10.2. The Hall–Kier alpha value is -1.07. The number of carboxylic acids is 1. The topological polar surface area (TPSA) is 63.3 Å². The van der Waals surface area contributed by atoms with Gasteiger partial charge in [0.2, 0.25) is 0 Å². The Kier molecular flexibility index (Phi) is 2.20. The van der Waals surface area contributed by atoms with Crippen LogP contribution in [0.15, 0.2) is 22.7 Å². The van der Waals surface area contributed by atoms with Gasteiger partial charge in [0.1, 0.15) is 4.88 Å². The van der Waals surface area contributed by atoms with Gasteiger partial charge in [-0.1, -0.05) is 0 Å². The number of halogens is 1. The maximum absolute atomic E-state index is 10.7. The minimum absolute atomic E-state index is 0.304. The second kappa shape index (κ2) is 3.25. The summed E-state index contributed by atoms with van der Waals surface area (Å²) in [5.74, 6) is -0.919. The molecule has 0 atom stereocenters. The van der Waals surface area contributed by atoms with Gasteiger partial charge >= 0.3 is 5.97 Å². The second-order valence-corrected chi connectivity index (χ2v) is 4.70. The Bertz CT molecular complexity index is 482. The number of anilines is 1. The molecule has 1 aromatic heterocycles. The van der Waals surface area contributed by atoms with E-state index in [9.17, 15) is 4.79 Å². The summed E-state index contributed by atoms with van der Waals surface area (Å²) in [5.41, 5.74) is 6.34. The molecule has 0 fully saturated rings. The number of carbonyl (C=O) groups is 1. The lowest BCUT2D eigenvalue weighted by Crippen LogP contribution is -1.89. The van der Waals surface area contributed by atoms with E-state index in [1.165, 1.54) is 11.3 Å². The molecule has 0 saturated heterocycles. The van der Waals surface area contributed by atoms with E-state index in [0.717, 1.165) is 14.6 Å². The van der Waals surface area contributed by atoms with Crippen LogP contribution in [0, 0.1) is 0 Å². The van der Waals surface area contributed by atoms with Crippen molar-refractivity contribution >= 4 is 49.0 Å². The van der Waals surface area contributed by atoms with Crippen molar-refractivity contribution in [1.29, 1.82) is 0 Å². The van der Waals surface area contributed by atoms with Crippen molar-refractivity contribution in [3.63, 3.8) is 0 Å². The number of nitrogens with two attached hydrogens (primary N) is 1. The van der Waals surface area contributed by atoms with Gasteiger partial charge in [-0.25, -0.2) is 4.79 Å². The highest BCUT2D eigenvalue weighted by Crippen LogP contribution is 2.35. The number of hydrogen-bond acceptors (Lipinski definition) is 3. The Balaban J connectivity index is 2.82. The average molecular weight is 272 g/mol. The number of benzene rings is 1. The zero-order valence-corrected chi connectivity index (χ0v) is 9.35. The molecule has 0 aliphatic carbocycles. The molecule has 0 radical (unpaired) electrons. The molecule has 14 heavy (non-hydrogen) atoms. The number of fused-ring (bicyclic) bond motifs is 1. The van der Waals surface area contributed by atoms with Gasteiger partial charge in [-0.3, -0.25) is 0 Å². The Labute approximate surface area is 92.3 Å². The van der Waals surface area contributed by atoms with Gasteiger partial charge in [-0.2, -0.15) is 0 Å². The van der Waals surface area contributed by atoms with Crippen LogP contribution in [0.3, 0.4) is 0 Å². The van der Waals surface area contributed by atoms with Gasteiger partial charge in [-0.05, 0) is 34.1 Å². The molecule has 0 aliphatic heterocycles. The fourth-order valence-electron chi connectivity index (χ4n) is 1.22. The van der Waals surface area contributed by atoms with E-state index in [2.05, 4.69) is 15.9 Å². The minimum atomic E-state index is -0.919. The van der Waals surface area contributed by atoms with Crippen LogP contribution in [-0.2, 0) is 0 Å². The predicted molar refractivity (Wildman–Crippen MR) is 60.9 cm³/mol. The molecule has 2 aromatic rings. The Morgan fingerprint density at radius 3 is 2.79 bits per heavy atom. The van der Waals surface area contributed by atoms with Gasteiger partial charge in [0.15, 0.2) is 0 Å². The zero-order chi connectivity index (χ0) is 10.3. The lowest BCUT2D eigenvalue weighted by molar-refractivity contribution is 0.0702. The van der Waals surface area contributed by atoms with E-state index in [-0.39, 0.29) is 0 Å². The van der Waals surface area contributed by atoms with Gasteiger partial charge in [0.05, 0.1) is 4.70 Å². The van der Waals surface area contributed by atoms with Crippen molar-refractivity contribution in [2.45, 2.75) is 0 Å². The van der Waals surface area contributed by atoms with Gasteiger partial charge in [0.25, 0.3) is 0 Å². The standard InChI is InChI=1S/C9H6BrNO2S/c10-5-1-2-6(11)4-3-7(9(12)13)14-8(4)5/h1-3H,11H2,(H,12,13). The first-order valence-electron chi connectivity index (χ1n) is 3.80. The summed E-state index contributed by atoms with van der Waals surface area (Å²) in [6.45, 7) is 0. The number of carboxylic acid groups (broad SMARTS) is 1. The van der Waals surface area contributed by atoms with Crippen LogP contribution in [0.5, 0.6) is 0 Å². The molecule has 0 saturated carbocycles. The maximum atomic E-state index is 10.7. The number of aromatic carboxylic acids is 1. The summed E-state index contributed by atoms with van der Waals surface area (Å²) in [4.78, 5) is 11.1. The van der Waals surface area contributed by atoms with Crippen LogP contribution < -0.4 is 5.73 Å². The van der Waals surface area contributed by atoms with Crippen molar-refractivity contribution in [3.8, 4) is 0 Å². The largest absolute Gasteiger partial charge is 0.477 e. The van der Waals surface area contributed by atoms with E-state index in [0.29, 0.717) is 10.6 Å². The summed E-state index contributed by atoms with van der Waals surface area (Å²) in [6.07, 6.45) is 0. The van der Waals surface area contributed by atoms with Crippen LogP contribution in [0.25, 0.3) is 10.1 Å².